The van der Waals surface area contributed by atoms with Gasteiger partial charge in [-0.05, 0) is 29.5 Å². The third kappa shape index (κ3) is 2.84. The van der Waals surface area contributed by atoms with Crippen LogP contribution in [0.3, 0.4) is 0 Å². The molecule has 3 heterocycles. The number of hydrogen-bond donors (Lipinski definition) is 0. The van der Waals surface area contributed by atoms with Crippen molar-refractivity contribution in [3.63, 3.8) is 0 Å². The molecule has 0 bridgehead atoms. The minimum absolute atomic E-state index is 0.136. The third-order valence-corrected chi connectivity index (χ3v) is 4.27. The molecule has 0 radical (unpaired) electrons. The van der Waals surface area contributed by atoms with Gasteiger partial charge in [-0.15, -0.1) is 11.3 Å². The summed E-state index contributed by atoms with van der Waals surface area (Å²) in [5.41, 5.74) is 0.969. The van der Waals surface area contributed by atoms with Gasteiger partial charge in [0.2, 0.25) is 5.82 Å². The van der Waals surface area contributed by atoms with Crippen LogP contribution in [0.25, 0.3) is 22.8 Å². The minimum atomic E-state index is -0.136. The van der Waals surface area contributed by atoms with Crippen LogP contribution in [-0.4, -0.2) is 14.7 Å². The molecule has 5 nitrogen and oxygen atoms in total. The number of nitrogens with zero attached hydrogens (tertiary/aromatic N) is 3. The lowest BCUT2D eigenvalue weighted by atomic mass is 10.2. The molecule has 3 rings (SSSR count). The van der Waals surface area contributed by atoms with E-state index < -0.39 is 0 Å². The quantitative estimate of drug-likeness (QED) is 0.724. The molecule has 22 heavy (non-hydrogen) atoms. The Balaban J connectivity index is 2.01. The summed E-state index contributed by atoms with van der Waals surface area (Å²) < 4.78 is 7.49. The summed E-state index contributed by atoms with van der Waals surface area (Å²) in [5, 5.41) is 5.77. The van der Waals surface area contributed by atoms with E-state index in [-0.39, 0.29) is 11.4 Å². The van der Waals surface area contributed by atoms with Crippen LogP contribution in [0.5, 0.6) is 0 Å². The fourth-order valence-electron chi connectivity index (χ4n) is 2.13. The molecule has 3 aromatic rings. The second-order valence-corrected chi connectivity index (χ2v) is 6.82. The van der Waals surface area contributed by atoms with Crippen LogP contribution in [0.4, 0.5) is 0 Å². The number of pyridine rings is 1. The van der Waals surface area contributed by atoms with Gasteiger partial charge in [-0.3, -0.25) is 4.79 Å². The van der Waals surface area contributed by atoms with E-state index in [1.807, 2.05) is 11.4 Å². The molecule has 0 aliphatic heterocycles. The van der Waals surface area contributed by atoms with Crippen molar-refractivity contribution in [3.05, 3.63) is 44.5 Å². The summed E-state index contributed by atoms with van der Waals surface area (Å²) in [5.74, 6) is 0.969. The number of hydrogen-bond acceptors (Lipinski definition) is 5. The Morgan fingerprint density at radius 3 is 2.86 bits per heavy atom. The Morgan fingerprint density at radius 1 is 1.36 bits per heavy atom. The average Bonchev–Trinajstić information content (AvgIpc) is 3.09. The molecule has 0 atom stereocenters. The van der Waals surface area contributed by atoms with E-state index in [0.29, 0.717) is 33.8 Å². The summed E-state index contributed by atoms with van der Waals surface area (Å²) in [4.78, 5) is 16.8. The van der Waals surface area contributed by atoms with Crippen molar-refractivity contribution in [3.8, 4) is 22.8 Å². The SMILES string of the molecule is CC(C)Cn1cccc(-c2nc(-c3ccsc3Cl)no2)c1=O. The third-order valence-electron chi connectivity index (χ3n) is 3.10. The molecule has 0 aromatic carbocycles. The van der Waals surface area contributed by atoms with E-state index in [4.69, 9.17) is 16.1 Å². The summed E-state index contributed by atoms with van der Waals surface area (Å²) in [7, 11) is 0. The monoisotopic (exact) mass is 335 g/mol. The first-order valence-corrected chi connectivity index (χ1v) is 8.09. The molecule has 0 fully saturated rings. The van der Waals surface area contributed by atoms with Gasteiger partial charge >= 0.3 is 0 Å². The van der Waals surface area contributed by atoms with E-state index >= 15 is 0 Å². The molecule has 0 amide bonds. The Hall–Kier alpha value is -1.92. The van der Waals surface area contributed by atoms with Gasteiger partial charge in [0, 0.05) is 12.7 Å². The average molecular weight is 336 g/mol. The van der Waals surface area contributed by atoms with Crippen LogP contribution in [0.15, 0.2) is 39.1 Å². The van der Waals surface area contributed by atoms with Gasteiger partial charge in [0.05, 0.1) is 5.56 Å². The van der Waals surface area contributed by atoms with Crippen molar-refractivity contribution in [2.45, 2.75) is 20.4 Å². The number of halogens is 1. The molecule has 0 unspecified atom stereocenters. The molecule has 0 aliphatic carbocycles. The van der Waals surface area contributed by atoms with Gasteiger partial charge in [-0.1, -0.05) is 30.6 Å². The summed E-state index contributed by atoms with van der Waals surface area (Å²) >= 11 is 7.47. The van der Waals surface area contributed by atoms with E-state index in [1.54, 1.807) is 22.9 Å². The Labute approximate surface area is 136 Å². The summed E-state index contributed by atoms with van der Waals surface area (Å²) in [6.45, 7) is 4.76. The smallest absolute Gasteiger partial charge is 0.263 e. The van der Waals surface area contributed by atoms with Crippen molar-refractivity contribution in [1.29, 1.82) is 0 Å². The maximum absolute atomic E-state index is 12.5. The Morgan fingerprint density at radius 2 is 2.18 bits per heavy atom. The predicted octanol–water partition coefficient (Wildman–Crippen LogP) is 3.94. The Bertz CT molecular complexity index is 850. The zero-order valence-electron chi connectivity index (χ0n) is 12.1. The van der Waals surface area contributed by atoms with E-state index in [9.17, 15) is 4.79 Å². The van der Waals surface area contributed by atoms with Crippen LogP contribution in [-0.2, 0) is 6.54 Å². The summed E-state index contributed by atoms with van der Waals surface area (Å²) in [6, 6.07) is 5.32. The molecule has 3 aromatic heterocycles. The van der Waals surface area contributed by atoms with E-state index in [2.05, 4.69) is 24.0 Å². The number of rotatable bonds is 4. The van der Waals surface area contributed by atoms with Crippen molar-refractivity contribution in [2.75, 3.05) is 0 Å². The van der Waals surface area contributed by atoms with Crippen LogP contribution < -0.4 is 5.56 Å². The molecule has 7 heteroatoms. The van der Waals surface area contributed by atoms with Crippen molar-refractivity contribution >= 4 is 22.9 Å². The molecule has 0 saturated heterocycles. The second kappa shape index (κ2) is 6.06. The lowest BCUT2D eigenvalue weighted by Gasteiger charge is -2.08. The van der Waals surface area contributed by atoms with Gasteiger partial charge in [0.15, 0.2) is 0 Å². The van der Waals surface area contributed by atoms with E-state index in [0.717, 1.165) is 0 Å². The first kappa shape index (κ1) is 15.0. The largest absolute Gasteiger partial charge is 0.333 e. The highest BCUT2D eigenvalue weighted by Crippen LogP contribution is 2.31. The minimum Gasteiger partial charge on any atom is -0.333 e. The highest BCUT2D eigenvalue weighted by molar-refractivity contribution is 7.15. The molecular weight excluding hydrogens is 322 g/mol. The van der Waals surface area contributed by atoms with Crippen LogP contribution >= 0.6 is 22.9 Å². The van der Waals surface area contributed by atoms with Gasteiger partial charge in [-0.25, -0.2) is 0 Å². The van der Waals surface area contributed by atoms with Gasteiger partial charge in [0.1, 0.15) is 9.90 Å². The molecule has 114 valence electrons. The lowest BCUT2D eigenvalue weighted by Crippen LogP contribution is -2.23. The zero-order chi connectivity index (χ0) is 15.7. The zero-order valence-corrected chi connectivity index (χ0v) is 13.7. The highest BCUT2D eigenvalue weighted by Gasteiger charge is 2.17. The second-order valence-electron chi connectivity index (χ2n) is 5.30. The fourth-order valence-corrected chi connectivity index (χ4v) is 3.04. The number of thiophene rings is 1. The predicted molar refractivity (Wildman–Crippen MR) is 87.2 cm³/mol. The van der Waals surface area contributed by atoms with Gasteiger partial charge < -0.3 is 9.09 Å². The van der Waals surface area contributed by atoms with Gasteiger partial charge in [0.25, 0.3) is 11.4 Å². The first-order valence-electron chi connectivity index (χ1n) is 6.83. The molecule has 0 N–H and O–H groups in total. The van der Waals surface area contributed by atoms with Crippen LogP contribution in [0.2, 0.25) is 4.34 Å². The number of aromatic nitrogens is 3. The van der Waals surface area contributed by atoms with Gasteiger partial charge in [-0.2, -0.15) is 4.98 Å². The van der Waals surface area contributed by atoms with E-state index in [1.165, 1.54) is 11.3 Å². The molecular formula is C15H14ClN3O2S. The normalized spacial score (nSPS) is 11.3. The first-order chi connectivity index (χ1) is 10.6. The molecule has 0 spiro atoms. The fraction of sp³-hybridized carbons (Fsp3) is 0.267. The maximum atomic E-state index is 12.5. The lowest BCUT2D eigenvalue weighted by molar-refractivity contribution is 0.430. The van der Waals surface area contributed by atoms with Crippen molar-refractivity contribution < 1.29 is 4.52 Å². The Kier molecular flexibility index (Phi) is 4.13. The molecule has 0 saturated carbocycles. The van der Waals surface area contributed by atoms with Crippen molar-refractivity contribution in [1.82, 2.24) is 14.7 Å². The van der Waals surface area contributed by atoms with Crippen LogP contribution in [0.1, 0.15) is 13.8 Å². The standard InChI is InChI=1S/C15H14ClN3O2S/c1-9(2)8-19-6-3-4-11(15(19)20)14-17-13(18-21-14)10-5-7-22-12(10)16/h3-7,9H,8H2,1-2H3. The highest BCUT2D eigenvalue weighted by atomic mass is 35.5. The van der Waals surface area contributed by atoms with Crippen LogP contribution in [0, 0.1) is 5.92 Å². The maximum Gasteiger partial charge on any atom is 0.263 e. The topological polar surface area (TPSA) is 60.9 Å². The summed E-state index contributed by atoms with van der Waals surface area (Å²) in [6.07, 6.45) is 1.76. The molecule has 0 aliphatic rings. The van der Waals surface area contributed by atoms with Crippen molar-refractivity contribution in [2.24, 2.45) is 5.92 Å².